The number of carboxylic acid groups (broad SMARTS) is 1. The van der Waals surface area contributed by atoms with E-state index in [0.717, 1.165) is 0 Å². The molecule has 0 saturated carbocycles. The van der Waals surface area contributed by atoms with Crippen molar-refractivity contribution < 1.29 is 24.1 Å². The summed E-state index contributed by atoms with van der Waals surface area (Å²) in [7, 11) is 1.30. The van der Waals surface area contributed by atoms with Crippen molar-refractivity contribution in [3.63, 3.8) is 0 Å². The molecular weight excluding hydrogens is 297 g/mol. The lowest BCUT2D eigenvalue weighted by atomic mass is 10.0. The summed E-state index contributed by atoms with van der Waals surface area (Å²) in [5, 5.41) is 18.3. The highest BCUT2D eigenvalue weighted by molar-refractivity contribution is 9.10. The number of hydrogen-bond donors (Lipinski definition) is 3. The lowest BCUT2D eigenvalue weighted by molar-refractivity contribution is -0.137. The molecule has 1 aromatic carbocycles. The minimum absolute atomic E-state index is 0.0223. The summed E-state index contributed by atoms with van der Waals surface area (Å²) >= 11 is 2.94. The summed E-state index contributed by atoms with van der Waals surface area (Å²) in [5.74, 6) is -2.44. The minimum Gasteiger partial charge on any atom is -0.504 e. The highest BCUT2D eigenvalue weighted by atomic mass is 79.9. The molecule has 94 valence electrons. The van der Waals surface area contributed by atoms with E-state index in [2.05, 4.69) is 15.9 Å². The van der Waals surface area contributed by atoms with E-state index in [9.17, 15) is 14.3 Å². The van der Waals surface area contributed by atoms with Crippen LogP contribution in [0, 0.1) is 5.82 Å². The van der Waals surface area contributed by atoms with Gasteiger partial charge in [-0.1, -0.05) is 0 Å². The van der Waals surface area contributed by atoms with Gasteiger partial charge in [-0.05, 0) is 15.9 Å². The van der Waals surface area contributed by atoms with Crippen molar-refractivity contribution in [2.45, 2.75) is 12.5 Å². The SMILES string of the molecule is COc1cc(Br)c(F)c(C(N)CC(=O)O)c1O. The Balaban J connectivity index is 3.30. The standard InChI is InChI=1S/C10H11BrFNO4/c1-17-6-2-4(11)9(12)8(10(6)16)5(13)3-7(14)15/h2,5,16H,3,13H2,1H3,(H,14,15). The number of ether oxygens (including phenoxy) is 1. The topological polar surface area (TPSA) is 92.8 Å². The highest BCUT2D eigenvalue weighted by Gasteiger charge is 2.24. The van der Waals surface area contributed by atoms with Crippen molar-refractivity contribution in [3.8, 4) is 11.5 Å². The first-order chi connectivity index (χ1) is 7.88. The number of aromatic hydroxyl groups is 1. The number of methoxy groups -OCH3 is 1. The molecule has 7 heteroatoms. The normalized spacial score (nSPS) is 12.2. The number of phenolic OH excluding ortho intramolecular Hbond substituents is 1. The number of aliphatic carboxylic acids is 1. The number of phenols is 1. The molecule has 1 unspecified atom stereocenters. The van der Waals surface area contributed by atoms with E-state index in [0.29, 0.717) is 0 Å². The Kier molecular flexibility index (Phi) is 4.30. The first kappa shape index (κ1) is 13.7. The van der Waals surface area contributed by atoms with Gasteiger partial charge in [0.2, 0.25) is 0 Å². The van der Waals surface area contributed by atoms with Crippen molar-refractivity contribution in [3.05, 3.63) is 21.9 Å². The Morgan fingerprint density at radius 1 is 1.71 bits per heavy atom. The van der Waals surface area contributed by atoms with Crippen LogP contribution in [0.25, 0.3) is 0 Å². The summed E-state index contributed by atoms with van der Waals surface area (Å²) in [6, 6.07) is 0.0840. The van der Waals surface area contributed by atoms with Crippen molar-refractivity contribution in [1.82, 2.24) is 0 Å². The van der Waals surface area contributed by atoms with Crippen LogP contribution in [-0.4, -0.2) is 23.3 Å². The van der Waals surface area contributed by atoms with Crippen molar-refractivity contribution >= 4 is 21.9 Å². The van der Waals surface area contributed by atoms with Crippen LogP contribution in [0.3, 0.4) is 0 Å². The van der Waals surface area contributed by atoms with E-state index >= 15 is 0 Å². The van der Waals surface area contributed by atoms with E-state index < -0.39 is 30.0 Å². The fourth-order valence-corrected chi connectivity index (χ4v) is 1.82. The highest BCUT2D eigenvalue weighted by Crippen LogP contribution is 2.39. The van der Waals surface area contributed by atoms with E-state index in [1.54, 1.807) is 0 Å². The third-order valence-corrected chi connectivity index (χ3v) is 2.75. The maximum atomic E-state index is 13.7. The Hall–Kier alpha value is -1.34. The molecule has 1 aromatic rings. The van der Waals surface area contributed by atoms with Gasteiger partial charge in [-0.3, -0.25) is 4.79 Å². The molecule has 0 radical (unpaired) electrons. The third kappa shape index (κ3) is 2.86. The van der Waals surface area contributed by atoms with E-state index in [1.165, 1.54) is 13.2 Å². The maximum Gasteiger partial charge on any atom is 0.305 e. The molecule has 0 aliphatic rings. The first-order valence-electron chi connectivity index (χ1n) is 4.60. The van der Waals surface area contributed by atoms with Crippen molar-refractivity contribution in [2.75, 3.05) is 7.11 Å². The van der Waals surface area contributed by atoms with Gasteiger partial charge >= 0.3 is 5.97 Å². The molecule has 4 N–H and O–H groups in total. The van der Waals surface area contributed by atoms with Crippen molar-refractivity contribution in [1.29, 1.82) is 0 Å². The summed E-state index contributed by atoms with van der Waals surface area (Å²) in [6.45, 7) is 0. The molecule has 0 aliphatic carbocycles. The second kappa shape index (κ2) is 5.33. The Morgan fingerprint density at radius 2 is 2.29 bits per heavy atom. The van der Waals surface area contributed by atoms with Crippen LogP contribution in [0.15, 0.2) is 10.5 Å². The molecule has 1 rings (SSSR count). The second-order valence-corrected chi connectivity index (χ2v) is 4.20. The summed E-state index contributed by atoms with van der Waals surface area (Å²) < 4.78 is 18.6. The van der Waals surface area contributed by atoms with Gasteiger partial charge in [0, 0.05) is 12.1 Å². The van der Waals surface area contributed by atoms with Gasteiger partial charge in [-0.15, -0.1) is 0 Å². The van der Waals surface area contributed by atoms with Gasteiger partial charge in [0.15, 0.2) is 11.5 Å². The Labute approximate surface area is 105 Å². The summed E-state index contributed by atoms with van der Waals surface area (Å²) in [6.07, 6.45) is -0.496. The number of carbonyl (C=O) groups is 1. The molecule has 0 aliphatic heterocycles. The minimum atomic E-state index is -1.18. The quantitative estimate of drug-likeness (QED) is 0.788. The van der Waals surface area contributed by atoms with Crippen molar-refractivity contribution in [2.24, 2.45) is 5.73 Å². The molecular formula is C10H11BrFNO4. The molecule has 0 bridgehead atoms. The molecule has 5 nitrogen and oxygen atoms in total. The van der Waals surface area contributed by atoms with Crippen LogP contribution in [0.5, 0.6) is 11.5 Å². The number of carboxylic acids is 1. The summed E-state index contributed by atoms with van der Waals surface area (Å²) in [4.78, 5) is 10.5. The monoisotopic (exact) mass is 307 g/mol. The molecule has 17 heavy (non-hydrogen) atoms. The van der Waals surface area contributed by atoms with Crippen LogP contribution < -0.4 is 10.5 Å². The zero-order valence-corrected chi connectivity index (χ0v) is 10.5. The van der Waals surface area contributed by atoms with Crippen LogP contribution in [-0.2, 0) is 4.79 Å². The number of benzene rings is 1. The molecule has 0 fully saturated rings. The smallest absolute Gasteiger partial charge is 0.305 e. The second-order valence-electron chi connectivity index (χ2n) is 3.34. The first-order valence-corrected chi connectivity index (χ1v) is 5.40. The molecule has 0 amide bonds. The fraction of sp³-hybridized carbons (Fsp3) is 0.300. The zero-order chi connectivity index (χ0) is 13.2. The van der Waals surface area contributed by atoms with Gasteiger partial charge in [0.05, 0.1) is 23.6 Å². The average Bonchev–Trinajstić information content (AvgIpc) is 2.22. The maximum absolute atomic E-state index is 13.7. The van der Waals surface area contributed by atoms with Gasteiger partial charge in [-0.25, -0.2) is 4.39 Å². The predicted molar refractivity (Wildman–Crippen MR) is 61.5 cm³/mol. The number of nitrogens with two attached hydrogens (primary N) is 1. The Morgan fingerprint density at radius 3 is 2.76 bits per heavy atom. The van der Waals surface area contributed by atoms with Gasteiger partial charge < -0.3 is 20.7 Å². The molecule has 0 aromatic heterocycles. The Bertz CT molecular complexity index is 452. The lowest BCUT2D eigenvalue weighted by Crippen LogP contribution is -2.17. The lowest BCUT2D eigenvalue weighted by Gasteiger charge is -2.16. The molecule has 0 heterocycles. The number of halogens is 2. The third-order valence-electron chi connectivity index (χ3n) is 2.18. The number of hydrogen-bond acceptors (Lipinski definition) is 4. The average molecular weight is 308 g/mol. The number of rotatable bonds is 4. The molecule has 1 atom stereocenters. The van der Waals surface area contributed by atoms with E-state index in [4.69, 9.17) is 15.6 Å². The fourth-order valence-electron chi connectivity index (χ4n) is 1.40. The van der Waals surface area contributed by atoms with Gasteiger partial charge in [0.25, 0.3) is 0 Å². The van der Waals surface area contributed by atoms with Gasteiger partial charge in [-0.2, -0.15) is 0 Å². The van der Waals surface area contributed by atoms with Crippen LogP contribution in [0.4, 0.5) is 4.39 Å². The summed E-state index contributed by atoms with van der Waals surface area (Å²) in [5.41, 5.74) is 5.25. The van der Waals surface area contributed by atoms with Crippen LogP contribution in [0.1, 0.15) is 18.0 Å². The van der Waals surface area contributed by atoms with Crippen LogP contribution in [0.2, 0.25) is 0 Å². The zero-order valence-electron chi connectivity index (χ0n) is 8.91. The van der Waals surface area contributed by atoms with Gasteiger partial charge in [0.1, 0.15) is 5.82 Å². The van der Waals surface area contributed by atoms with Crippen LogP contribution >= 0.6 is 15.9 Å². The molecule has 0 spiro atoms. The molecule has 0 saturated heterocycles. The van der Waals surface area contributed by atoms with E-state index in [-0.39, 0.29) is 15.8 Å². The van der Waals surface area contributed by atoms with E-state index in [1.807, 2.05) is 0 Å². The predicted octanol–water partition coefficient (Wildman–Crippen LogP) is 1.78. The largest absolute Gasteiger partial charge is 0.504 e.